The van der Waals surface area contributed by atoms with E-state index in [0.717, 1.165) is 49.6 Å². The van der Waals surface area contributed by atoms with Crippen LogP contribution < -0.4 is 5.73 Å². The van der Waals surface area contributed by atoms with Crippen molar-refractivity contribution in [3.63, 3.8) is 0 Å². The van der Waals surface area contributed by atoms with E-state index in [1.165, 1.54) is 6.42 Å². The molecule has 0 aromatic carbocycles. The van der Waals surface area contributed by atoms with Gasteiger partial charge < -0.3 is 15.5 Å². The number of rotatable bonds is 5. The zero-order valence-electron chi connectivity index (χ0n) is 15.9. The molecule has 1 amide bonds. The Bertz CT molecular complexity index is 819. The number of likely N-dealkylation sites (tertiary alicyclic amines) is 1. The minimum Gasteiger partial charge on any atom is -0.373 e. The molecule has 2 fully saturated rings. The molecule has 2 aliphatic rings. The van der Waals surface area contributed by atoms with Gasteiger partial charge in [-0.25, -0.2) is 4.98 Å². The molecule has 2 bridgehead atoms. The number of ether oxygens (including phenoxy) is 1. The molecule has 2 unspecified atom stereocenters. The smallest absolute Gasteiger partial charge is 0.267 e. The van der Waals surface area contributed by atoms with E-state index in [0.29, 0.717) is 17.5 Å². The molecule has 4 rings (SSSR count). The number of carbonyl (C=O) groups excluding carboxylic acids is 1. The van der Waals surface area contributed by atoms with Crippen molar-refractivity contribution in [2.24, 2.45) is 17.6 Å². The van der Waals surface area contributed by atoms with Crippen molar-refractivity contribution in [1.29, 1.82) is 0 Å². The molecule has 3 N–H and O–H groups in total. The molecule has 2 aromatic rings. The molecule has 27 heavy (non-hydrogen) atoms. The van der Waals surface area contributed by atoms with Gasteiger partial charge in [-0.1, -0.05) is 6.42 Å². The van der Waals surface area contributed by atoms with Crippen molar-refractivity contribution in [3.8, 4) is 0 Å². The molecule has 1 saturated heterocycles. The molecular weight excluding hydrogens is 342 g/mol. The third-order valence-electron chi connectivity index (χ3n) is 6.21. The van der Waals surface area contributed by atoms with E-state index >= 15 is 0 Å². The van der Waals surface area contributed by atoms with E-state index in [1.807, 2.05) is 25.3 Å². The highest BCUT2D eigenvalue weighted by Crippen LogP contribution is 2.51. The summed E-state index contributed by atoms with van der Waals surface area (Å²) in [5, 5.41) is 0. The molecule has 1 saturated carbocycles. The highest BCUT2D eigenvalue weighted by Gasteiger charge is 2.53. The number of hydrogen-bond donors (Lipinski definition) is 2. The fourth-order valence-corrected chi connectivity index (χ4v) is 5.14. The van der Waals surface area contributed by atoms with Crippen LogP contribution in [0, 0.1) is 18.8 Å². The van der Waals surface area contributed by atoms with Gasteiger partial charge in [0.05, 0.1) is 6.54 Å². The molecule has 0 spiro atoms. The predicted molar refractivity (Wildman–Crippen MR) is 101 cm³/mol. The quantitative estimate of drug-likeness (QED) is 0.840. The highest BCUT2D eigenvalue weighted by atomic mass is 16.5. The summed E-state index contributed by atoms with van der Waals surface area (Å²) in [7, 11) is 1.79. The lowest BCUT2D eigenvalue weighted by Crippen LogP contribution is -2.58. The number of primary amides is 1. The van der Waals surface area contributed by atoms with Crippen LogP contribution in [-0.4, -0.2) is 46.0 Å². The number of nitrogens with one attached hydrogen (secondary N) is 1. The number of pyridine rings is 1. The van der Waals surface area contributed by atoms with E-state index < -0.39 is 5.91 Å². The van der Waals surface area contributed by atoms with Gasteiger partial charge in [-0.15, -0.1) is 0 Å². The minimum atomic E-state index is -0.501. The lowest BCUT2D eigenvalue weighted by Gasteiger charge is -2.55. The zero-order valence-corrected chi connectivity index (χ0v) is 15.9. The second-order valence-electron chi connectivity index (χ2n) is 7.82. The zero-order chi connectivity index (χ0) is 19.0. The minimum absolute atomic E-state index is 0.301. The number of nitrogens with zero attached hydrogens (tertiary/aromatic N) is 3. The van der Waals surface area contributed by atoms with Gasteiger partial charge in [0.2, 0.25) is 0 Å². The van der Waals surface area contributed by atoms with Crippen molar-refractivity contribution in [1.82, 2.24) is 19.9 Å². The Hall–Kier alpha value is -2.25. The number of aromatic amines is 1. The first kappa shape index (κ1) is 18.1. The van der Waals surface area contributed by atoms with Crippen LogP contribution in [0.25, 0.3) is 0 Å². The maximum Gasteiger partial charge on any atom is 0.267 e. The van der Waals surface area contributed by atoms with Crippen LogP contribution in [0.1, 0.15) is 46.8 Å². The lowest BCUT2D eigenvalue weighted by atomic mass is 9.62. The first-order valence-electron chi connectivity index (χ1n) is 9.57. The Balaban J connectivity index is 1.64. The van der Waals surface area contributed by atoms with Gasteiger partial charge in [-0.05, 0) is 37.5 Å². The number of aryl methyl sites for hydroxylation is 1. The molecule has 144 valence electrons. The van der Waals surface area contributed by atoms with E-state index in [1.54, 1.807) is 13.3 Å². The maximum absolute atomic E-state index is 11.6. The number of carbonyl (C=O) groups is 1. The number of piperidine rings is 1. The van der Waals surface area contributed by atoms with Crippen molar-refractivity contribution < 1.29 is 9.53 Å². The largest absolute Gasteiger partial charge is 0.373 e. The Morgan fingerprint density at radius 1 is 1.37 bits per heavy atom. The number of hydrogen-bond acceptors (Lipinski definition) is 5. The first-order chi connectivity index (χ1) is 13.0. The monoisotopic (exact) mass is 369 g/mol. The van der Waals surface area contributed by atoms with Crippen molar-refractivity contribution in [2.75, 3.05) is 20.2 Å². The second kappa shape index (κ2) is 7.05. The van der Waals surface area contributed by atoms with Crippen LogP contribution in [0.4, 0.5) is 0 Å². The number of aromatic nitrogens is 3. The van der Waals surface area contributed by atoms with Crippen molar-refractivity contribution in [3.05, 3.63) is 47.3 Å². The normalized spacial score (nSPS) is 28.2. The fourth-order valence-electron chi connectivity index (χ4n) is 5.14. The average Bonchev–Trinajstić information content (AvgIpc) is 3.06. The topological polar surface area (TPSA) is 97.1 Å². The van der Waals surface area contributed by atoms with Crippen molar-refractivity contribution >= 4 is 5.91 Å². The van der Waals surface area contributed by atoms with Gasteiger partial charge in [0.1, 0.15) is 17.1 Å². The summed E-state index contributed by atoms with van der Waals surface area (Å²) in [6.07, 6.45) is 6.96. The average molecular weight is 369 g/mol. The second-order valence-corrected chi connectivity index (χ2v) is 7.82. The number of imidazole rings is 1. The van der Waals surface area contributed by atoms with Crippen LogP contribution >= 0.6 is 0 Å². The van der Waals surface area contributed by atoms with Crippen LogP contribution in [0.5, 0.6) is 0 Å². The SMILES string of the molecule is COC1(c2ccnc(C(N)=O)c2)C2CCCC1CN(Cc1ncc(C)[nH]1)C2. The number of amides is 1. The summed E-state index contributed by atoms with van der Waals surface area (Å²) in [4.78, 5) is 26.0. The van der Waals surface area contributed by atoms with E-state index in [4.69, 9.17) is 10.5 Å². The summed E-state index contributed by atoms with van der Waals surface area (Å²) in [6, 6.07) is 3.80. The number of H-pyrrole nitrogens is 1. The Morgan fingerprint density at radius 2 is 2.11 bits per heavy atom. The lowest BCUT2D eigenvalue weighted by molar-refractivity contribution is -0.170. The Morgan fingerprint density at radius 3 is 2.70 bits per heavy atom. The van der Waals surface area contributed by atoms with Crippen LogP contribution in [0.2, 0.25) is 0 Å². The molecule has 1 aliphatic carbocycles. The summed E-state index contributed by atoms with van der Waals surface area (Å²) >= 11 is 0. The molecule has 2 aromatic heterocycles. The summed E-state index contributed by atoms with van der Waals surface area (Å²) < 4.78 is 6.24. The van der Waals surface area contributed by atoms with Gasteiger partial charge in [0.25, 0.3) is 5.91 Å². The molecule has 7 heteroatoms. The van der Waals surface area contributed by atoms with E-state index in [9.17, 15) is 4.79 Å². The van der Waals surface area contributed by atoms with Gasteiger partial charge in [0.15, 0.2) is 0 Å². The molecule has 1 aliphatic heterocycles. The number of methoxy groups -OCH3 is 1. The van der Waals surface area contributed by atoms with Crippen LogP contribution in [-0.2, 0) is 16.9 Å². The van der Waals surface area contributed by atoms with E-state index in [-0.39, 0.29) is 5.60 Å². The predicted octanol–water partition coefficient (Wildman–Crippen LogP) is 1.99. The molecule has 7 nitrogen and oxygen atoms in total. The Labute approximate surface area is 159 Å². The van der Waals surface area contributed by atoms with Crippen molar-refractivity contribution in [2.45, 2.75) is 38.3 Å². The van der Waals surface area contributed by atoms with Gasteiger partial charge in [-0.3, -0.25) is 14.7 Å². The van der Waals surface area contributed by atoms with Crippen LogP contribution in [0.3, 0.4) is 0 Å². The standard InChI is InChI=1S/C20H27N5O2/c1-13-9-23-18(24-13)12-25-10-15-4-3-5-16(11-25)20(15,27-2)14-6-7-22-17(8-14)19(21)26/h6-9,15-16H,3-5,10-12H2,1-2H3,(H2,21,26)(H,23,24). The molecule has 0 radical (unpaired) electrons. The van der Waals surface area contributed by atoms with Gasteiger partial charge >= 0.3 is 0 Å². The maximum atomic E-state index is 11.6. The molecular formula is C20H27N5O2. The van der Waals surface area contributed by atoms with Gasteiger partial charge in [-0.2, -0.15) is 0 Å². The third kappa shape index (κ3) is 3.15. The first-order valence-corrected chi connectivity index (χ1v) is 9.57. The third-order valence-corrected chi connectivity index (χ3v) is 6.21. The molecule has 3 heterocycles. The highest BCUT2D eigenvalue weighted by molar-refractivity contribution is 5.90. The Kier molecular flexibility index (Phi) is 4.74. The fraction of sp³-hybridized carbons (Fsp3) is 0.550. The van der Waals surface area contributed by atoms with Gasteiger partial charge in [0, 0.05) is 50.1 Å². The van der Waals surface area contributed by atoms with E-state index in [2.05, 4.69) is 19.9 Å². The summed E-state index contributed by atoms with van der Waals surface area (Å²) in [6.45, 7) is 4.73. The number of fused-ring (bicyclic) bond motifs is 2. The van der Waals surface area contributed by atoms with Crippen LogP contribution in [0.15, 0.2) is 24.5 Å². The number of nitrogens with two attached hydrogens (primary N) is 1. The summed E-state index contributed by atoms with van der Waals surface area (Å²) in [5.74, 6) is 1.22. The summed E-state index contributed by atoms with van der Waals surface area (Å²) in [5.41, 5.74) is 7.49. The molecule has 2 atom stereocenters.